The van der Waals surface area contributed by atoms with Gasteiger partial charge in [-0.2, -0.15) is 0 Å². The van der Waals surface area contributed by atoms with Crippen LogP contribution in [0.5, 0.6) is 0 Å². The number of rotatable bonds is 5. The zero-order chi connectivity index (χ0) is 14.8. The van der Waals surface area contributed by atoms with Crippen LogP contribution in [0.4, 0.5) is 10.1 Å². The first-order valence-electron chi connectivity index (χ1n) is 5.93. The molecule has 0 aliphatic heterocycles. The lowest BCUT2D eigenvalue weighted by Gasteiger charge is -2.18. The molecule has 5 nitrogen and oxygen atoms in total. The molecule has 7 heteroatoms. The van der Waals surface area contributed by atoms with Crippen molar-refractivity contribution in [3.05, 3.63) is 23.0 Å². The van der Waals surface area contributed by atoms with Gasteiger partial charge in [0, 0.05) is 6.04 Å². The molecule has 0 radical (unpaired) electrons. The number of aliphatic hydroxyl groups excluding tert-OH is 1. The average Bonchev–Trinajstić information content (AvgIpc) is 2.32. The number of nitrogens with two attached hydrogens (primary N) is 1. The summed E-state index contributed by atoms with van der Waals surface area (Å²) in [7, 11) is -3.84. The van der Waals surface area contributed by atoms with E-state index in [1.807, 2.05) is 0 Å². The van der Waals surface area contributed by atoms with Gasteiger partial charge in [0.2, 0.25) is 10.0 Å². The van der Waals surface area contributed by atoms with Gasteiger partial charge in [0.15, 0.2) is 0 Å². The molecule has 0 spiro atoms. The molecule has 1 atom stereocenters. The van der Waals surface area contributed by atoms with Crippen molar-refractivity contribution in [2.24, 2.45) is 0 Å². The summed E-state index contributed by atoms with van der Waals surface area (Å²) in [6.45, 7) is 4.41. The molecule has 1 rings (SSSR count). The van der Waals surface area contributed by atoms with Crippen molar-refractivity contribution in [2.75, 3.05) is 12.3 Å². The number of hydrogen-bond donors (Lipinski definition) is 3. The fraction of sp³-hybridized carbons (Fsp3) is 0.500. The maximum Gasteiger partial charge on any atom is 0.241 e. The second kappa shape index (κ2) is 5.85. The van der Waals surface area contributed by atoms with Crippen molar-refractivity contribution in [1.29, 1.82) is 0 Å². The molecule has 1 aromatic carbocycles. The topological polar surface area (TPSA) is 92.4 Å². The van der Waals surface area contributed by atoms with E-state index in [1.54, 1.807) is 6.92 Å². The Morgan fingerprint density at radius 2 is 2.05 bits per heavy atom. The predicted octanol–water partition coefficient (Wildman–Crippen LogP) is 1.07. The summed E-state index contributed by atoms with van der Waals surface area (Å²) in [5, 5.41) is 9.06. The van der Waals surface area contributed by atoms with Crippen LogP contribution in [0.2, 0.25) is 0 Å². The number of hydrogen-bond acceptors (Lipinski definition) is 4. The number of nitrogens with one attached hydrogen (secondary N) is 1. The zero-order valence-corrected chi connectivity index (χ0v) is 12.0. The summed E-state index contributed by atoms with van der Waals surface area (Å²) in [5.41, 5.74) is 5.81. The van der Waals surface area contributed by atoms with Gasteiger partial charge in [-0.3, -0.25) is 0 Å². The van der Waals surface area contributed by atoms with Gasteiger partial charge in [-0.15, -0.1) is 0 Å². The molecular weight excluding hydrogens is 271 g/mol. The Labute approximate surface area is 112 Å². The third-order valence-electron chi connectivity index (χ3n) is 3.01. The number of aryl methyl sites for hydroxylation is 1. The van der Waals surface area contributed by atoms with Gasteiger partial charge in [0.25, 0.3) is 0 Å². The largest absolute Gasteiger partial charge is 0.396 e. The summed E-state index contributed by atoms with van der Waals surface area (Å²) < 4.78 is 40.3. The smallest absolute Gasteiger partial charge is 0.241 e. The summed E-state index contributed by atoms with van der Waals surface area (Å²) in [6.07, 6.45) is 0.449. The highest BCUT2D eigenvalue weighted by atomic mass is 32.2. The van der Waals surface area contributed by atoms with Crippen LogP contribution < -0.4 is 10.5 Å². The normalized spacial score (nSPS) is 13.5. The lowest BCUT2D eigenvalue weighted by molar-refractivity contribution is 0.254. The van der Waals surface area contributed by atoms with Crippen molar-refractivity contribution in [1.82, 2.24) is 4.72 Å². The molecule has 0 amide bonds. The fourth-order valence-corrected chi connectivity index (χ4v) is 3.67. The minimum atomic E-state index is -3.84. The van der Waals surface area contributed by atoms with Crippen molar-refractivity contribution < 1.29 is 17.9 Å². The second-order valence-corrected chi connectivity index (χ2v) is 6.10. The standard InChI is InChI=1S/C12H19FN2O3S/c1-4-9(6-16)15-19(17,18)12-7(2)5-10(13)11(14)8(12)3/h5,9,15-16H,4,6,14H2,1-3H3/t9-/m0/s1. The van der Waals surface area contributed by atoms with E-state index in [2.05, 4.69) is 4.72 Å². The maximum absolute atomic E-state index is 13.4. The summed E-state index contributed by atoms with van der Waals surface area (Å²) in [4.78, 5) is -0.0294. The Morgan fingerprint density at radius 1 is 1.47 bits per heavy atom. The highest BCUT2D eigenvalue weighted by molar-refractivity contribution is 7.89. The predicted molar refractivity (Wildman–Crippen MR) is 71.8 cm³/mol. The molecule has 0 unspecified atom stereocenters. The van der Waals surface area contributed by atoms with Crippen LogP contribution >= 0.6 is 0 Å². The SMILES string of the molecule is CC[C@@H](CO)NS(=O)(=O)c1c(C)cc(F)c(N)c1C. The Balaban J connectivity index is 3.34. The van der Waals surface area contributed by atoms with E-state index >= 15 is 0 Å². The van der Waals surface area contributed by atoms with Crippen LogP contribution in [0.3, 0.4) is 0 Å². The second-order valence-electron chi connectivity index (χ2n) is 4.45. The van der Waals surface area contributed by atoms with Gasteiger partial charge in [-0.1, -0.05) is 6.92 Å². The Hall–Kier alpha value is -1.18. The molecule has 0 aromatic heterocycles. The molecule has 108 valence electrons. The Morgan fingerprint density at radius 3 is 2.53 bits per heavy atom. The molecule has 0 fully saturated rings. The molecule has 0 aliphatic carbocycles. The lowest BCUT2D eigenvalue weighted by Crippen LogP contribution is -2.37. The minimum Gasteiger partial charge on any atom is -0.396 e. The van der Waals surface area contributed by atoms with Crippen LogP contribution in [-0.4, -0.2) is 26.2 Å². The molecule has 0 heterocycles. The van der Waals surface area contributed by atoms with Crippen LogP contribution in [0.1, 0.15) is 24.5 Å². The lowest BCUT2D eigenvalue weighted by atomic mass is 10.1. The maximum atomic E-state index is 13.4. The van der Waals surface area contributed by atoms with Crippen molar-refractivity contribution in [3.8, 4) is 0 Å². The summed E-state index contributed by atoms with van der Waals surface area (Å²) in [5.74, 6) is -0.636. The number of sulfonamides is 1. The van der Waals surface area contributed by atoms with E-state index in [9.17, 15) is 12.8 Å². The van der Waals surface area contributed by atoms with Crippen LogP contribution in [-0.2, 0) is 10.0 Å². The highest BCUT2D eigenvalue weighted by Crippen LogP contribution is 2.27. The third-order valence-corrected chi connectivity index (χ3v) is 4.82. The van der Waals surface area contributed by atoms with Gasteiger partial charge in [0.1, 0.15) is 5.82 Å². The number of halogens is 1. The molecule has 0 aliphatic rings. The minimum absolute atomic E-state index is 0.0294. The van der Waals surface area contributed by atoms with Crippen molar-refractivity contribution in [2.45, 2.75) is 38.1 Å². The number of benzene rings is 1. The van der Waals surface area contributed by atoms with E-state index < -0.39 is 21.9 Å². The van der Waals surface area contributed by atoms with E-state index in [1.165, 1.54) is 13.8 Å². The average molecular weight is 290 g/mol. The third kappa shape index (κ3) is 3.23. The van der Waals surface area contributed by atoms with Gasteiger partial charge in [-0.25, -0.2) is 17.5 Å². The van der Waals surface area contributed by atoms with Gasteiger partial charge in [-0.05, 0) is 37.5 Å². The number of anilines is 1. The van der Waals surface area contributed by atoms with Crippen LogP contribution in [0.15, 0.2) is 11.0 Å². The van der Waals surface area contributed by atoms with Crippen molar-refractivity contribution in [3.63, 3.8) is 0 Å². The first kappa shape index (κ1) is 15.9. The molecular formula is C12H19FN2O3S. The number of nitrogen functional groups attached to an aromatic ring is 1. The zero-order valence-electron chi connectivity index (χ0n) is 11.2. The molecule has 0 bridgehead atoms. The Kier molecular flexibility index (Phi) is 4.89. The van der Waals surface area contributed by atoms with E-state index in [4.69, 9.17) is 10.8 Å². The van der Waals surface area contributed by atoms with E-state index in [0.717, 1.165) is 6.07 Å². The highest BCUT2D eigenvalue weighted by Gasteiger charge is 2.25. The van der Waals surface area contributed by atoms with Crippen molar-refractivity contribution >= 4 is 15.7 Å². The van der Waals surface area contributed by atoms with Crippen LogP contribution in [0, 0.1) is 19.7 Å². The molecule has 1 aromatic rings. The summed E-state index contributed by atoms with van der Waals surface area (Å²) in [6, 6.07) is 0.520. The van der Waals surface area contributed by atoms with Crippen LogP contribution in [0.25, 0.3) is 0 Å². The van der Waals surface area contributed by atoms with Gasteiger partial charge in [0.05, 0.1) is 17.2 Å². The van der Waals surface area contributed by atoms with Gasteiger partial charge < -0.3 is 10.8 Å². The first-order chi connectivity index (χ1) is 8.74. The summed E-state index contributed by atoms with van der Waals surface area (Å²) >= 11 is 0. The fourth-order valence-electron chi connectivity index (χ4n) is 1.87. The van der Waals surface area contributed by atoms with E-state index in [-0.39, 0.29) is 28.3 Å². The van der Waals surface area contributed by atoms with E-state index in [0.29, 0.717) is 6.42 Å². The molecule has 0 saturated carbocycles. The molecule has 19 heavy (non-hydrogen) atoms. The Bertz CT molecular complexity index is 569. The quantitative estimate of drug-likeness (QED) is 0.707. The number of aliphatic hydroxyl groups is 1. The molecule has 4 N–H and O–H groups in total. The monoisotopic (exact) mass is 290 g/mol. The first-order valence-corrected chi connectivity index (χ1v) is 7.41. The van der Waals surface area contributed by atoms with Gasteiger partial charge >= 0.3 is 0 Å². The molecule has 0 saturated heterocycles.